The number of nitrogens with one attached hydrogen (secondary N) is 2. The maximum Gasteiger partial charge on any atom is 0.307 e. The number of methoxy groups -OCH3 is 1. The smallest absolute Gasteiger partial charge is 0.307 e. The molecular formula is C23H31IN4O4S2. The fourth-order valence-electron chi connectivity index (χ4n) is 4.18. The monoisotopic (exact) mass is 618 g/mol. The summed E-state index contributed by atoms with van der Waals surface area (Å²) in [6.45, 7) is 2.22. The number of amides is 2. The number of amidine groups is 1. The highest BCUT2D eigenvalue weighted by molar-refractivity contribution is 14.0. The molecule has 11 heteroatoms. The highest BCUT2D eigenvalue weighted by Gasteiger charge is 2.44. The van der Waals surface area contributed by atoms with Crippen LogP contribution in [0.5, 0.6) is 0 Å². The maximum atomic E-state index is 12.9. The van der Waals surface area contributed by atoms with E-state index >= 15 is 0 Å². The summed E-state index contributed by atoms with van der Waals surface area (Å²) in [7, 11) is 1.32. The van der Waals surface area contributed by atoms with Crippen LogP contribution in [0.15, 0.2) is 34.2 Å². The van der Waals surface area contributed by atoms with E-state index in [1.807, 2.05) is 6.92 Å². The largest absolute Gasteiger partial charge is 0.469 e. The van der Waals surface area contributed by atoms with Gasteiger partial charge in [0.1, 0.15) is 5.25 Å². The fourth-order valence-corrected chi connectivity index (χ4v) is 5.93. The molecule has 1 aromatic rings. The van der Waals surface area contributed by atoms with Gasteiger partial charge in [-0.2, -0.15) is 4.99 Å². The van der Waals surface area contributed by atoms with Gasteiger partial charge in [-0.1, -0.05) is 42.8 Å². The summed E-state index contributed by atoms with van der Waals surface area (Å²) in [5, 5.41) is 10.2. The number of aliphatic imine (C=N–C) groups is 1. The van der Waals surface area contributed by atoms with Gasteiger partial charge in [0.2, 0.25) is 5.91 Å². The summed E-state index contributed by atoms with van der Waals surface area (Å²) in [5.41, 5.74) is 1.71. The van der Waals surface area contributed by atoms with Gasteiger partial charge in [-0.25, -0.2) is 0 Å². The Kier molecular flexibility index (Phi) is 11.9. The van der Waals surface area contributed by atoms with E-state index in [2.05, 4.69) is 19.9 Å². The number of hydrogen-bond donors (Lipinski definition) is 2. The number of thioether (sulfide) groups is 2. The Balaban J connectivity index is 0.00000408. The molecule has 2 aliphatic rings. The summed E-state index contributed by atoms with van der Waals surface area (Å²) in [6.07, 6.45) is 5.61. The molecule has 186 valence electrons. The first-order valence-corrected chi connectivity index (χ1v) is 12.9. The predicted octanol–water partition coefficient (Wildman–Crippen LogP) is 4.32. The van der Waals surface area contributed by atoms with E-state index in [4.69, 9.17) is 5.41 Å². The standard InChI is InChI=1S/C23H30N4O4S2.HI/c1-15-20(22(30)25-13-12-19(28)31-2)33-23(27(15)17-6-4-3-5-7-17)26-21(29)16-8-10-18(11-9-16)32-14-24;/h8-11,14-15,17,20,24H,3-7,12-13H2,1-2H3,(H,25,30);1H. The number of esters is 1. The summed E-state index contributed by atoms with van der Waals surface area (Å²) in [4.78, 5) is 44.6. The van der Waals surface area contributed by atoms with E-state index in [0.717, 1.165) is 30.6 Å². The van der Waals surface area contributed by atoms with Gasteiger partial charge < -0.3 is 20.4 Å². The Hall–Kier alpha value is -1.60. The molecule has 1 aromatic carbocycles. The van der Waals surface area contributed by atoms with Crippen molar-refractivity contribution in [2.75, 3.05) is 13.7 Å². The van der Waals surface area contributed by atoms with Gasteiger partial charge in [0.25, 0.3) is 5.91 Å². The highest BCUT2D eigenvalue weighted by Crippen LogP contribution is 2.37. The quantitative estimate of drug-likeness (QED) is 0.147. The summed E-state index contributed by atoms with van der Waals surface area (Å²) < 4.78 is 4.63. The molecule has 1 saturated carbocycles. The minimum absolute atomic E-state index is 0. The number of ether oxygens (including phenoxy) is 1. The molecular weight excluding hydrogens is 587 g/mol. The van der Waals surface area contributed by atoms with Crippen LogP contribution in [-0.2, 0) is 14.3 Å². The first-order valence-electron chi connectivity index (χ1n) is 11.1. The van der Waals surface area contributed by atoms with E-state index < -0.39 is 5.25 Å². The minimum Gasteiger partial charge on any atom is -0.469 e. The maximum absolute atomic E-state index is 12.9. The lowest BCUT2D eigenvalue weighted by Gasteiger charge is -2.36. The van der Waals surface area contributed by atoms with E-state index in [-0.39, 0.29) is 66.8 Å². The number of carbonyl (C=O) groups excluding carboxylic acids is 3. The number of carbonyl (C=O) groups is 3. The van der Waals surface area contributed by atoms with Crippen molar-refractivity contribution in [3.8, 4) is 0 Å². The number of rotatable bonds is 8. The van der Waals surface area contributed by atoms with Crippen molar-refractivity contribution >= 4 is 76.0 Å². The van der Waals surface area contributed by atoms with Crippen molar-refractivity contribution in [1.82, 2.24) is 10.2 Å². The van der Waals surface area contributed by atoms with E-state index in [1.54, 1.807) is 24.3 Å². The van der Waals surface area contributed by atoms with Crippen molar-refractivity contribution in [2.24, 2.45) is 4.99 Å². The lowest BCUT2D eigenvalue weighted by molar-refractivity contribution is -0.140. The van der Waals surface area contributed by atoms with E-state index in [9.17, 15) is 14.4 Å². The van der Waals surface area contributed by atoms with E-state index in [0.29, 0.717) is 10.7 Å². The molecule has 34 heavy (non-hydrogen) atoms. The van der Waals surface area contributed by atoms with Crippen LogP contribution in [0.2, 0.25) is 0 Å². The number of benzene rings is 1. The number of nitrogens with zero attached hydrogens (tertiary/aromatic N) is 2. The molecule has 2 N–H and O–H groups in total. The molecule has 3 rings (SSSR count). The third-order valence-electron chi connectivity index (χ3n) is 5.91. The van der Waals surface area contributed by atoms with Crippen LogP contribution in [-0.4, -0.2) is 64.4 Å². The Bertz CT molecular complexity index is 907. The number of hydrogen-bond acceptors (Lipinski definition) is 7. The Labute approximate surface area is 226 Å². The molecule has 1 aliphatic heterocycles. The molecule has 2 fully saturated rings. The molecule has 8 nitrogen and oxygen atoms in total. The Morgan fingerprint density at radius 2 is 1.91 bits per heavy atom. The normalized spacial score (nSPS) is 21.6. The molecule has 2 unspecified atom stereocenters. The molecule has 0 radical (unpaired) electrons. The van der Waals surface area contributed by atoms with Crippen molar-refractivity contribution in [3.05, 3.63) is 29.8 Å². The zero-order chi connectivity index (χ0) is 23.8. The molecule has 1 aliphatic carbocycles. The molecule has 1 heterocycles. The molecule has 0 aromatic heterocycles. The van der Waals surface area contributed by atoms with Crippen LogP contribution in [0.1, 0.15) is 55.8 Å². The highest BCUT2D eigenvalue weighted by atomic mass is 127. The molecule has 1 saturated heterocycles. The molecule has 2 amide bonds. The topological polar surface area (TPSA) is 112 Å². The lowest BCUT2D eigenvalue weighted by Crippen LogP contribution is -2.47. The second-order valence-corrected chi connectivity index (χ2v) is 10.1. The van der Waals surface area contributed by atoms with Gasteiger partial charge in [0.15, 0.2) is 5.17 Å². The van der Waals surface area contributed by atoms with Crippen LogP contribution in [0.25, 0.3) is 0 Å². The lowest BCUT2D eigenvalue weighted by atomic mass is 9.93. The first kappa shape index (κ1) is 28.6. The first-order chi connectivity index (χ1) is 15.9. The van der Waals surface area contributed by atoms with Crippen LogP contribution < -0.4 is 5.32 Å². The average Bonchev–Trinajstić information content (AvgIpc) is 3.15. The second-order valence-electron chi connectivity index (χ2n) is 8.05. The van der Waals surface area contributed by atoms with Gasteiger partial charge in [0, 0.05) is 29.1 Å². The fraction of sp³-hybridized carbons (Fsp3) is 0.522. The third kappa shape index (κ3) is 7.45. The summed E-state index contributed by atoms with van der Waals surface area (Å²) in [6, 6.07) is 7.15. The van der Waals surface area contributed by atoms with Crippen LogP contribution in [0, 0.1) is 5.41 Å². The SMILES string of the molecule is COC(=O)CCNC(=O)C1SC(=NC(=O)c2ccc(SC=N)cc2)N(C2CCCCC2)C1C.I. The average molecular weight is 619 g/mol. The van der Waals surface area contributed by atoms with E-state index in [1.165, 1.54) is 42.6 Å². The molecule has 0 spiro atoms. The van der Waals surface area contributed by atoms with Crippen molar-refractivity contribution in [1.29, 1.82) is 5.41 Å². The van der Waals surface area contributed by atoms with Crippen LogP contribution >= 0.6 is 47.5 Å². The zero-order valence-electron chi connectivity index (χ0n) is 19.3. The summed E-state index contributed by atoms with van der Waals surface area (Å²) in [5.74, 6) is -0.879. The third-order valence-corrected chi connectivity index (χ3v) is 7.94. The van der Waals surface area contributed by atoms with Gasteiger partial charge in [-0.05, 0) is 44.0 Å². The molecule has 2 atom stereocenters. The van der Waals surface area contributed by atoms with Crippen LogP contribution in [0.3, 0.4) is 0 Å². The Morgan fingerprint density at radius 3 is 2.53 bits per heavy atom. The van der Waals surface area contributed by atoms with Crippen molar-refractivity contribution in [2.45, 2.75) is 67.7 Å². The Morgan fingerprint density at radius 1 is 1.24 bits per heavy atom. The molecule has 0 bridgehead atoms. The van der Waals surface area contributed by atoms with Crippen molar-refractivity contribution in [3.63, 3.8) is 0 Å². The van der Waals surface area contributed by atoms with Gasteiger partial charge in [-0.15, -0.1) is 24.0 Å². The second kappa shape index (κ2) is 14.1. The van der Waals surface area contributed by atoms with Crippen molar-refractivity contribution < 1.29 is 19.1 Å². The van der Waals surface area contributed by atoms with Gasteiger partial charge in [-0.3, -0.25) is 14.4 Å². The minimum atomic E-state index is -0.414. The van der Waals surface area contributed by atoms with Crippen LogP contribution in [0.4, 0.5) is 0 Å². The van der Waals surface area contributed by atoms with Gasteiger partial charge >= 0.3 is 5.97 Å². The summed E-state index contributed by atoms with van der Waals surface area (Å²) >= 11 is 2.59. The predicted molar refractivity (Wildman–Crippen MR) is 147 cm³/mol. The van der Waals surface area contributed by atoms with Gasteiger partial charge in [0.05, 0.1) is 19.1 Å². The zero-order valence-corrected chi connectivity index (χ0v) is 23.3. The number of halogens is 1.